The molecule has 0 bridgehead atoms. The van der Waals surface area contributed by atoms with Gasteiger partial charge in [-0.3, -0.25) is 0 Å². The molecule has 92 valence electrons. The van der Waals surface area contributed by atoms with E-state index in [2.05, 4.69) is 37.8 Å². The summed E-state index contributed by atoms with van der Waals surface area (Å²) in [7, 11) is 1.50. The van der Waals surface area contributed by atoms with Crippen LogP contribution in [0, 0.1) is 12.8 Å². The van der Waals surface area contributed by atoms with E-state index < -0.39 is 0 Å². The van der Waals surface area contributed by atoms with Gasteiger partial charge in [0.1, 0.15) is 0 Å². The second-order valence-electron chi connectivity index (χ2n) is 5.13. The summed E-state index contributed by atoms with van der Waals surface area (Å²) in [6.07, 6.45) is 5.32. The van der Waals surface area contributed by atoms with Crippen LogP contribution in [-0.2, 0) is 6.42 Å². The minimum Gasteiger partial charge on any atom is -0.333 e. The van der Waals surface area contributed by atoms with Crippen LogP contribution in [-0.4, -0.2) is 7.05 Å². The maximum atomic E-state index is 4.50. The SMILES string of the molecule is CN.Cc1ccc2c(c1)C1=C(C2)C(C)CCC1. The molecule has 17 heavy (non-hydrogen) atoms. The third-order valence-electron chi connectivity index (χ3n) is 4.02. The predicted molar refractivity (Wildman–Crippen MR) is 74.9 cm³/mol. The first kappa shape index (κ1) is 12.4. The summed E-state index contributed by atoms with van der Waals surface area (Å²) >= 11 is 0. The highest BCUT2D eigenvalue weighted by Gasteiger charge is 2.27. The second-order valence-corrected chi connectivity index (χ2v) is 5.13. The molecule has 0 fully saturated rings. The molecule has 0 radical (unpaired) electrons. The topological polar surface area (TPSA) is 26.0 Å². The van der Waals surface area contributed by atoms with E-state index in [0.29, 0.717) is 0 Å². The Morgan fingerprint density at radius 2 is 2.00 bits per heavy atom. The summed E-state index contributed by atoms with van der Waals surface area (Å²) in [6.45, 7) is 4.60. The minimum atomic E-state index is 0.821. The van der Waals surface area contributed by atoms with Gasteiger partial charge in [0.25, 0.3) is 0 Å². The van der Waals surface area contributed by atoms with Gasteiger partial charge >= 0.3 is 0 Å². The standard InChI is InChI=1S/C15H18.CH5N/c1-10-6-7-12-9-14-11(2)4-3-5-13(14)15(12)8-10;1-2/h6-8,11H,3-5,9H2,1-2H3;2H2,1H3. The van der Waals surface area contributed by atoms with Crippen molar-refractivity contribution in [3.63, 3.8) is 0 Å². The number of aryl methyl sites for hydroxylation is 1. The van der Waals surface area contributed by atoms with Gasteiger partial charge in [-0.15, -0.1) is 0 Å². The second kappa shape index (κ2) is 5.05. The van der Waals surface area contributed by atoms with Gasteiger partial charge in [-0.1, -0.05) is 36.3 Å². The largest absolute Gasteiger partial charge is 0.333 e. The van der Waals surface area contributed by atoms with Crippen LogP contribution in [0.3, 0.4) is 0 Å². The van der Waals surface area contributed by atoms with Crippen molar-refractivity contribution in [3.8, 4) is 0 Å². The number of nitrogens with two attached hydrogens (primary N) is 1. The molecule has 2 aliphatic rings. The maximum Gasteiger partial charge on any atom is -0.00523 e. The van der Waals surface area contributed by atoms with E-state index >= 15 is 0 Å². The van der Waals surface area contributed by atoms with Crippen LogP contribution in [0.4, 0.5) is 0 Å². The Balaban J connectivity index is 0.000000514. The first-order chi connectivity index (χ1) is 8.25. The normalized spacial score (nSPS) is 21.5. The van der Waals surface area contributed by atoms with Crippen molar-refractivity contribution in [2.45, 2.75) is 39.5 Å². The number of allylic oxidation sites excluding steroid dienone is 2. The van der Waals surface area contributed by atoms with Crippen LogP contribution in [0.15, 0.2) is 23.8 Å². The molecule has 1 unspecified atom stereocenters. The molecule has 0 heterocycles. The Morgan fingerprint density at radius 3 is 2.76 bits per heavy atom. The smallest absolute Gasteiger partial charge is 0.00523 e. The minimum absolute atomic E-state index is 0.821. The van der Waals surface area contributed by atoms with Crippen molar-refractivity contribution >= 4 is 5.57 Å². The van der Waals surface area contributed by atoms with E-state index in [1.54, 1.807) is 22.3 Å². The van der Waals surface area contributed by atoms with Crippen LogP contribution >= 0.6 is 0 Å². The third-order valence-corrected chi connectivity index (χ3v) is 4.02. The van der Waals surface area contributed by atoms with Crippen LogP contribution in [0.1, 0.15) is 42.9 Å². The first-order valence-electron chi connectivity index (χ1n) is 6.65. The molecule has 0 aliphatic heterocycles. The average molecular weight is 229 g/mol. The molecule has 3 rings (SSSR count). The molecule has 0 aromatic heterocycles. The molecular weight excluding hydrogens is 206 g/mol. The van der Waals surface area contributed by atoms with Crippen molar-refractivity contribution in [1.29, 1.82) is 0 Å². The molecule has 1 atom stereocenters. The van der Waals surface area contributed by atoms with E-state index in [-0.39, 0.29) is 0 Å². The van der Waals surface area contributed by atoms with Crippen LogP contribution in [0.25, 0.3) is 5.57 Å². The van der Waals surface area contributed by atoms with E-state index in [9.17, 15) is 0 Å². The van der Waals surface area contributed by atoms with Crippen molar-refractivity contribution in [2.24, 2.45) is 11.7 Å². The van der Waals surface area contributed by atoms with Crippen molar-refractivity contribution in [1.82, 2.24) is 0 Å². The molecule has 2 N–H and O–H groups in total. The van der Waals surface area contributed by atoms with Crippen molar-refractivity contribution in [3.05, 3.63) is 40.5 Å². The predicted octanol–water partition coefficient (Wildman–Crippen LogP) is 3.70. The summed E-state index contributed by atoms with van der Waals surface area (Å²) in [5.74, 6) is 0.821. The van der Waals surface area contributed by atoms with Gasteiger partial charge in [0.2, 0.25) is 0 Å². The highest BCUT2D eigenvalue weighted by molar-refractivity contribution is 5.77. The van der Waals surface area contributed by atoms with Gasteiger partial charge in [0.15, 0.2) is 0 Å². The van der Waals surface area contributed by atoms with E-state index in [4.69, 9.17) is 0 Å². The van der Waals surface area contributed by atoms with Crippen molar-refractivity contribution < 1.29 is 0 Å². The summed E-state index contributed by atoms with van der Waals surface area (Å²) < 4.78 is 0. The zero-order valence-electron chi connectivity index (χ0n) is 11.2. The number of hydrogen-bond donors (Lipinski definition) is 1. The number of rotatable bonds is 0. The summed E-state index contributed by atoms with van der Waals surface area (Å²) in [5, 5.41) is 0. The van der Waals surface area contributed by atoms with Gasteiger partial charge in [-0.2, -0.15) is 0 Å². The quantitative estimate of drug-likeness (QED) is 0.721. The lowest BCUT2D eigenvalue weighted by molar-refractivity contribution is 0.556. The molecule has 2 aliphatic carbocycles. The average Bonchev–Trinajstić information content (AvgIpc) is 2.72. The molecule has 0 spiro atoms. The van der Waals surface area contributed by atoms with Crippen LogP contribution in [0.2, 0.25) is 0 Å². The molecular formula is C16H23N. The Morgan fingerprint density at radius 1 is 1.24 bits per heavy atom. The lowest BCUT2D eigenvalue weighted by atomic mass is 9.84. The number of fused-ring (bicyclic) bond motifs is 2. The molecule has 0 amide bonds. The fourth-order valence-corrected chi connectivity index (χ4v) is 3.14. The summed E-state index contributed by atoms with van der Waals surface area (Å²) in [4.78, 5) is 0. The lowest BCUT2D eigenvalue weighted by Crippen LogP contribution is -2.05. The number of benzene rings is 1. The van der Waals surface area contributed by atoms with Crippen LogP contribution in [0.5, 0.6) is 0 Å². The first-order valence-corrected chi connectivity index (χ1v) is 6.65. The van der Waals surface area contributed by atoms with Gasteiger partial charge in [0.05, 0.1) is 0 Å². The lowest BCUT2D eigenvalue weighted by Gasteiger charge is -2.21. The molecule has 1 nitrogen and oxygen atoms in total. The fraction of sp³-hybridized carbons (Fsp3) is 0.500. The molecule has 0 saturated carbocycles. The maximum absolute atomic E-state index is 4.50. The molecule has 0 saturated heterocycles. The van der Waals surface area contributed by atoms with Crippen LogP contribution < -0.4 is 5.73 Å². The molecule has 1 aromatic rings. The van der Waals surface area contributed by atoms with Gasteiger partial charge in [-0.25, -0.2) is 0 Å². The third kappa shape index (κ3) is 2.16. The highest BCUT2D eigenvalue weighted by atomic mass is 14.4. The van der Waals surface area contributed by atoms with Gasteiger partial charge < -0.3 is 5.73 Å². The zero-order valence-corrected chi connectivity index (χ0v) is 11.2. The Hall–Kier alpha value is -1.08. The Labute approximate surface area is 105 Å². The zero-order chi connectivity index (χ0) is 12.4. The molecule has 1 heteroatoms. The molecule has 1 aromatic carbocycles. The summed E-state index contributed by atoms with van der Waals surface area (Å²) in [6, 6.07) is 6.97. The van der Waals surface area contributed by atoms with E-state index in [0.717, 1.165) is 5.92 Å². The van der Waals surface area contributed by atoms with Gasteiger partial charge in [0, 0.05) is 0 Å². The number of hydrogen-bond acceptors (Lipinski definition) is 1. The monoisotopic (exact) mass is 229 g/mol. The van der Waals surface area contributed by atoms with Gasteiger partial charge in [-0.05, 0) is 62.3 Å². The Kier molecular flexibility index (Phi) is 3.68. The highest BCUT2D eigenvalue weighted by Crippen LogP contribution is 2.44. The Bertz CT molecular complexity index is 443. The summed E-state index contributed by atoms with van der Waals surface area (Å²) in [5.41, 5.74) is 12.5. The van der Waals surface area contributed by atoms with Crippen molar-refractivity contribution in [2.75, 3.05) is 7.05 Å². The fourth-order valence-electron chi connectivity index (χ4n) is 3.14. The van der Waals surface area contributed by atoms with E-state index in [1.165, 1.54) is 38.3 Å². The van der Waals surface area contributed by atoms with E-state index in [1.807, 2.05) is 0 Å².